The Morgan fingerprint density at radius 2 is 2.07 bits per heavy atom. The molecule has 0 saturated heterocycles. The molecule has 15 heavy (non-hydrogen) atoms. The van der Waals surface area contributed by atoms with Crippen molar-refractivity contribution in [3.05, 3.63) is 34.5 Å². The maximum atomic E-state index is 6.21. The van der Waals surface area contributed by atoms with Gasteiger partial charge in [0.1, 0.15) is 0 Å². The summed E-state index contributed by atoms with van der Waals surface area (Å²) >= 11 is 6.21. The van der Waals surface area contributed by atoms with Gasteiger partial charge in [-0.3, -0.25) is 0 Å². The number of aromatic amines is 1. The maximum absolute atomic E-state index is 6.21. The Morgan fingerprint density at radius 3 is 2.67 bits per heavy atom. The Balaban J connectivity index is 2.63. The van der Waals surface area contributed by atoms with E-state index in [0.717, 1.165) is 21.6 Å². The number of fused-ring (bicyclic) bond motifs is 1. The largest absolute Gasteiger partial charge is 0.357 e. The van der Waals surface area contributed by atoms with E-state index in [-0.39, 0.29) is 0 Å². The molecule has 0 aliphatic rings. The lowest BCUT2D eigenvalue weighted by Gasteiger charge is -2.07. The molecular weight excluding hydrogens is 208 g/mol. The van der Waals surface area contributed by atoms with Crippen molar-refractivity contribution in [2.45, 2.75) is 26.3 Å². The number of H-pyrrole nitrogens is 1. The van der Waals surface area contributed by atoms with Crippen molar-refractivity contribution in [3.63, 3.8) is 0 Å². The lowest BCUT2D eigenvalue weighted by Crippen LogP contribution is -1.95. The van der Waals surface area contributed by atoms with Crippen molar-refractivity contribution < 1.29 is 0 Å². The van der Waals surface area contributed by atoms with Crippen molar-refractivity contribution in [1.29, 1.82) is 0 Å². The lowest BCUT2D eigenvalue weighted by molar-refractivity contribution is 0.868. The van der Waals surface area contributed by atoms with Gasteiger partial charge < -0.3 is 10.7 Å². The highest BCUT2D eigenvalue weighted by molar-refractivity contribution is 6.32. The third-order valence-corrected chi connectivity index (χ3v) is 2.96. The van der Waals surface area contributed by atoms with Crippen molar-refractivity contribution in [2.75, 3.05) is 0 Å². The van der Waals surface area contributed by atoms with E-state index in [9.17, 15) is 0 Å². The Hall–Kier alpha value is -0.990. The van der Waals surface area contributed by atoms with Gasteiger partial charge in [0.05, 0.1) is 0 Å². The number of nitrogens with two attached hydrogens (primary N) is 1. The number of rotatable bonds is 2. The van der Waals surface area contributed by atoms with Gasteiger partial charge in [-0.05, 0) is 29.7 Å². The molecule has 0 unspecified atom stereocenters. The van der Waals surface area contributed by atoms with E-state index in [0.29, 0.717) is 12.5 Å². The van der Waals surface area contributed by atoms with Crippen LogP contribution in [-0.2, 0) is 6.54 Å². The number of aromatic nitrogens is 1. The molecule has 0 aliphatic carbocycles. The van der Waals surface area contributed by atoms with Gasteiger partial charge in [-0.25, -0.2) is 0 Å². The summed E-state index contributed by atoms with van der Waals surface area (Å²) in [5.74, 6) is 0.437. The second kappa shape index (κ2) is 3.87. The van der Waals surface area contributed by atoms with E-state index in [1.807, 2.05) is 12.1 Å². The fourth-order valence-electron chi connectivity index (χ4n) is 1.78. The molecule has 1 heterocycles. The molecule has 2 nitrogen and oxygen atoms in total. The maximum Gasteiger partial charge on any atom is 0.0460 e. The molecule has 0 spiro atoms. The molecule has 2 aromatic rings. The topological polar surface area (TPSA) is 41.8 Å². The van der Waals surface area contributed by atoms with Gasteiger partial charge in [0.2, 0.25) is 0 Å². The van der Waals surface area contributed by atoms with E-state index in [1.54, 1.807) is 0 Å². The normalized spacial score (nSPS) is 11.5. The zero-order valence-electron chi connectivity index (χ0n) is 8.97. The van der Waals surface area contributed by atoms with Gasteiger partial charge in [0.25, 0.3) is 0 Å². The number of halogens is 1. The number of hydrogen-bond acceptors (Lipinski definition) is 1. The van der Waals surface area contributed by atoms with Crippen LogP contribution in [0.1, 0.15) is 31.0 Å². The Kier molecular flexibility index (Phi) is 2.72. The minimum atomic E-state index is 0.437. The first kappa shape index (κ1) is 10.5. The first-order valence-corrected chi connectivity index (χ1v) is 5.50. The predicted octanol–water partition coefficient (Wildman–Crippen LogP) is 3.40. The smallest absolute Gasteiger partial charge is 0.0460 e. The second-order valence-electron chi connectivity index (χ2n) is 4.11. The SMILES string of the molecule is CC(C)c1cc2[nH]c(CN)cc2cc1Cl. The standard InChI is InChI=1S/C12H15ClN2/c1-7(2)10-5-12-8(4-11(10)13)3-9(6-14)15-12/h3-5,7,15H,6,14H2,1-2H3. The van der Waals surface area contributed by atoms with E-state index in [2.05, 4.69) is 24.9 Å². The van der Waals surface area contributed by atoms with E-state index >= 15 is 0 Å². The third kappa shape index (κ3) is 1.87. The quantitative estimate of drug-likeness (QED) is 0.804. The molecule has 3 heteroatoms. The number of benzene rings is 1. The van der Waals surface area contributed by atoms with Crippen molar-refractivity contribution in [1.82, 2.24) is 4.98 Å². The van der Waals surface area contributed by atoms with Gasteiger partial charge >= 0.3 is 0 Å². The lowest BCUT2D eigenvalue weighted by atomic mass is 10.0. The first-order chi connectivity index (χ1) is 7.11. The number of nitrogens with one attached hydrogen (secondary N) is 1. The van der Waals surface area contributed by atoms with Gasteiger partial charge in [0, 0.05) is 28.2 Å². The number of hydrogen-bond donors (Lipinski definition) is 2. The highest BCUT2D eigenvalue weighted by Crippen LogP contribution is 2.29. The minimum absolute atomic E-state index is 0.437. The van der Waals surface area contributed by atoms with Crippen LogP contribution in [0.3, 0.4) is 0 Å². The predicted molar refractivity (Wildman–Crippen MR) is 65.3 cm³/mol. The van der Waals surface area contributed by atoms with Crippen LogP contribution in [0.15, 0.2) is 18.2 Å². The third-order valence-electron chi connectivity index (χ3n) is 2.64. The highest BCUT2D eigenvalue weighted by atomic mass is 35.5. The molecule has 3 N–H and O–H groups in total. The molecule has 0 radical (unpaired) electrons. The van der Waals surface area contributed by atoms with Gasteiger partial charge in [-0.15, -0.1) is 0 Å². The molecule has 1 aromatic carbocycles. The molecule has 0 atom stereocenters. The molecule has 0 fully saturated rings. The summed E-state index contributed by atoms with van der Waals surface area (Å²) < 4.78 is 0. The minimum Gasteiger partial charge on any atom is -0.357 e. The molecular formula is C12H15ClN2. The van der Waals surface area contributed by atoms with Crippen LogP contribution in [0.25, 0.3) is 10.9 Å². The highest BCUT2D eigenvalue weighted by Gasteiger charge is 2.08. The van der Waals surface area contributed by atoms with E-state index in [1.165, 1.54) is 5.56 Å². The average molecular weight is 223 g/mol. The summed E-state index contributed by atoms with van der Waals surface area (Å²) in [5.41, 5.74) is 8.92. The summed E-state index contributed by atoms with van der Waals surface area (Å²) in [5, 5.41) is 1.96. The zero-order chi connectivity index (χ0) is 11.0. The van der Waals surface area contributed by atoms with Crippen LogP contribution in [0.5, 0.6) is 0 Å². The first-order valence-electron chi connectivity index (χ1n) is 5.13. The summed E-state index contributed by atoms with van der Waals surface area (Å²) in [6.07, 6.45) is 0. The molecule has 0 bridgehead atoms. The average Bonchev–Trinajstić information content (AvgIpc) is 2.58. The molecule has 80 valence electrons. The van der Waals surface area contributed by atoms with Crippen LogP contribution >= 0.6 is 11.6 Å². The fourth-order valence-corrected chi connectivity index (χ4v) is 2.17. The Morgan fingerprint density at radius 1 is 1.33 bits per heavy atom. The van der Waals surface area contributed by atoms with Crippen LogP contribution in [0.4, 0.5) is 0 Å². The summed E-state index contributed by atoms with van der Waals surface area (Å²) in [6.45, 7) is 4.81. The van der Waals surface area contributed by atoms with Crippen LogP contribution in [0.2, 0.25) is 5.02 Å². The van der Waals surface area contributed by atoms with Gasteiger partial charge in [0.15, 0.2) is 0 Å². The van der Waals surface area contributed by atoms with E-state index in [4.69, 9.17) is 17.3 Å². The molecule has 0 amide bonds. The fraction of sp³-hybridized carbons (Fsp3) is 0.333. The zero-order valence-corrected chi connectivity index (χ0v) is 9.73. The molecule has 0 saturated carbocycles. The van der Waals surface area contributed by atoms with Gasteiger partial charge in [-0.1, -0.05) is 25.4 Å². The summed E-state index contributed by atoms with van der Waals surface area (Å²) in [7, 11) is 0. The molecule has 2 rings (SSSR count). The molecule has 0 aliphatic heterocycles. The van der Waals surface area contributed by atoms with Crippen molar-refractivity contribution >= 4 is 22.5 Å². The van der Waals surface area contributed by atoms with Crippen LogP contribution < -0.4 is 5.73 Å². The van der Waals surface area contributed by atoms with Crippen molar-refractivity contribution in [2.24, 2.45) is 5.73 Å². The van der Waals surface area contributed by atoms with Crippen molar-refractivity contribution in [3.8, 4) is 0 Å². The summed E-state index contributed by atoms with van der Waals surface area (Å²) in [6, 6.07) is 6.16. The monoisotopic (exact) mass is 222 g/mol. The Bertz CT molecular complexity index is 486. The van der Waals surface area contributed by atoms with E-state index < -0.39 is 0 Å². The molecule has 1 aromatic heterocycles. The van der Waals surface area contributed by atoms with Crippen LogP contribution in [0, 0.1) is 0 Å². The van der Waals surface area contributed by atoms with Gasteiger partial charge in [-0.2, -0.15) is 0 Å². The second-order valence-corrected chi connectivity index (χ2v) is 4.52. The Labute approximate surface area is 94.4 Å². The summed E-state index contributed by atoms with van der Waals surface area (Å²) in [4.78, 5) is 3.28. The van der Waals surface area contributed by atoms with Crippen LogP contribution in [-0.4, -0.2) is 4.98 Å².